The first-order valence-corrected chi connectivity index (χ1v) is 16.1. The molecular formula is C30H38F6N4O2S. The average Bonchev–Trinajstić information content (AvgIpc) is 2.84. The Labute approximate surface area is 248 Å². The van der Waals surface area contributed by atoms with Crippen LogP contribution in [0.5, 0.6) is 0 Å². The lowest BCUT2D eigenvalue weighted by atomic mass is 9.83. The lowest BCUT2D eigenvalue weighted by molar-refractivity contribution is -0.0684. The van der Waals surface area contributed by atoms with Crippen LogP contribution in [0.15, 0.2) is 30.3 Å². The van der Waals surface area contributed by atoms with Gasteiger partial charge >= 0.3 is 0 Å². The summed E-state index contributed by atoms with van der Waals surface area (Å²) in [5, 5.41) is 1.92. The Morgan fingerprint density at radius 2 is 1.70 bits per heavy atom. The molecule has 2 N–H and O–H groups in total. The van der Waals surface area contributed by atoms with E-state index in [-0.39, 0.29) is 35.6 Å². The fraction of sp³-hybridized carbons (Fsp3) is 0.600. The molecule has 43 heavy (non-hydrogen) atoms. The second-order valence-corrected chi connectivity index (χ2v) is 14.8. The third kappa shape index (κ3) is 7.09. The van der Waals surface area contributed by atoms with Crippen LogP contribution >= 0.6 is 0 Å². The molecule has 2 unspecified atom stereocenters. The molecule has 0 spiro atoms. The van der Waals surface area contributed by atoms with Crippen LogP contribution in [-0.4, -0.2) is 80.0 Å². The van der Waals surface area contributed by atoms with Crippen molar-refractivity contribution >= 4 is 21.4 Å². The van der Waals surface area contributed by atoms with Gasteiger partial charge in [0.2, 0.25) is 10.0 Å². The lowest BCUT2D eigenvalue weighted by Crippen LogP contribution is -2.54. The third-order valence-corrected chi connectivity index (χ3v) is 10.2. The van der Waals surface area contributed by atoms with Crippen LogP contribution in [-0.2, 0) is 16.4 Å². The van der Waals surface area contributed by atoms with Gasteiger partial charge in [0.05, 0.1) is 24.0 Å². The first-order chi connectivity index (χ1) is 20.0. The van der Waals surface area contributed by atoms with Crippen molar-refractivity contribution in [3.05, 3.63) is 58.7 Å². The Balaban J connectivity index is 1.43. The van der Waals surface area contributed by atoms with Crippen LogP contribution in [0.3, 0.4) is 0 Å². The fourth-order valence-electron chi connectivity index (χ4n) is 6.35. The Hall–Kier alpha value is -2.51. The maximum absolute atomic E-state index is 15.8. The van der Waals surface area contributed by atoms with Gasteiger partial charge in [-0.1, -0.05) is 6.07 Å². The highest BCUT2D eigenvalue weighted by molar-refractivity contribution is 7.93. The molecule has 1 saturated heterocycles. The number of hydrogen-bond donors (Lipinski definition) is 2. The molecule has 2 heterocycles. The number of likely N-dealkylation sites (tertiary alicyclic amines) is 1. The number of nitrogens with one attached hydrogen (secondary N) is 2. The summed E-state index contributed by atoms with van der Waals surface area (Å²) in [7, 11) is -4.06. The van der Waals surface area contributed by atoms with Crippen LogP contribution in [0.2, 0.25) is 0 Å². The summed E-state index contributed by atoms with van der Waals surface area (Å²) in [6, 6.07) is 5.59. The Morgan fingerprint density at radius 1 is 1.05 bits per heavy atom. The van der Waals surface area contributed by atoms with Crippen molar-refractivity contribution in [3.63, 3.8) is 0 Å². The van der Waals surface area contributed by atoms with E-state index in [0.717, 1.165) is 0 Å². The smallest absolute Gasteiger partial charge is 0.250 e. The monoisotopic (exact) mass is 632 g/mol. The van der Waals surface area contributed by atoms with E-state index in [2.05, 4.69) is 10.0 Å². The van der Waals surface area contributed by atoms with Crippen LogP contribution in [0.1, 0.15) is 62.8 Å². The minimum Gasteiger partial charge on any atom is -0.380 e. The molecule has 0 aromatic heterocycles. The van der Waals surface area contributed by atoms with Crippen LogP contribution < -0.4 is 10.0 Å². The number of rotatable bonds is 11. The largest absolute Gasteiger partial charge is 0.380 e. The van der Waals surface area contributed by atoms with E-state index >= 15 is 13.2 Å². The van der Waals surface area contributed by atoms with E-state index < -0.39 is 64.1 Å². The SMILES string of the molecule is CC1Cc2cc(NS(=O)(=O)C3CC(F)(F)C3)ccc2C(c2c(F)cc(NC3CN(CCCF)C3)cc2F)N1CC(C)(C)F. The van der Waals surface area contributed by atoms with E-state index in [4.69, 9.17) is 0 Å². The normalized spacial score (nSPS) is 23.4. The van der Waals surface area contributed by atoms with E-state index in [1.165, 1.54) is 32.0 Å². The molecule has 1 aliphatic carbocycles. The molecule has 13 heteroatoms. The zero-order valence-electron chi connectivity index (χ0n) is 24.4. The molecule has 0 amide bonds. The molecule has 238 valence electrons. The van der Waals surface area contributed by atoms with E-state index in [0.29, 0.717) is 43.6 Å². The van der Waals surface area contributed by atoms with Crippen molar-refractivity contribution in [3.8, 4) is 0 Å². The summed E-state index contributed by atoms with van der Waals surface area (Å²) in [6.07, 6.45) is -0.711. The van der Waals surface area contributed by atoms with Crippen LogP contribution in [0, 0.1) is 11.6 Å². The first-order valence-electron chi connectivity index (χ1n) is 14.6. The van der Waals surface area contributed by atoms with Gasteiger partial charge < -0.3 is 5.32 Å². The molecule has 2 aromatic carbocycles. The number of fused-ring (bicyclic) bond motifs is 1. The van der Waals surface area contributed by atoms with Crippen molar-refractivity contribution in [1.82, 2.24) is 9.80 Å². The highest BCUT2D eigenvalue weighted by atomic mass is 32.2. The predicted octanol–water partition coefficient (Wildman–Crippen LogP) is 6.04. The minimum absolute atomic E-state index is 0.0307. The van der Waals surface area contributed by atoms with E-state index in [1.54, 1.807) is 17.0 Å². The molecule has 1 saturated carbocycles. The van der Waals surface area contributed by atoms with E-state index in [9.17, 15) is 21.6 Å². The van der Waals surface area contributed by atoms with Gasteiger partial charge in [0.15, 0.2) is 0 Å². The topological polar surface area (TPSA) is 64.7 Å². The Morgan fingerprint density at radius 3 is 2.28 bits per heavy atom. The second kappa shape index (κ2) is 11.8. The van der Waals surface area contributed by atoms with Gasteiger partial charge in [-0.25, -0.2) is 30.4 Å². The number of nitrogens with zero attached hydrogens (tertiary/aromatic N) is 2. The van der Waals surface area contributed by atoms with Gasteiger partial charge in [-0.05, 0) is 69.0 Å². The highest BCUT2D eigenvalue weighted by Gasteiger charge is 2.51. The number of anilines is 2. The molecule has 2 atom stereocenters. The third-order valence-electron chi connectivity index (χ3n) is 8.45. The molecule has 2 aliphatic heterocycles. The van der Waals surface area contributed by atoms with Gasteiger partial charge in [0, 0.05) is 62.0 Å². The van der Waals surface area contributed by atoms with Crippen LogP contribution in [0.25, 0.3) is 0 Å². The lowest BCUT2D eigenvalue weighted by Gasteiger charge is -2.44. The van der Waals surface area contributed by atoms with Crippen molar-refractivity contribution < 1.29 is 34.8 Å². The van der Waals surface area contributed by atoms with Crippen molar-refractivity contribution in [1.29, 1.82) is 0 Å². The summed E-state index contributed by atoms with van der Waals surface area (Å²) in [6.45, 7) is 5.97. The van der Waals surface area contributed by atoms with Gasteiger partial charge in [-0.15, -0.1) is 0 Å². The Bertz CT molecular complexity index is 1410. The summed E-state index contributed by atoms with van der Waals surface area (Å²) < 4.78 is 113. The first kappa shape index (κ1) is 31.9. The number of hydrogen-bond acceptors (Lipinski definition) is 5. The average molecular weight is 633 g/mol. The van der Waals surface area contributed by atoms with Crippen molar-refractivity contribution in [2.45, 2.75) is 81.4 Å². The van der Waals surface area contributed by atoms with Gasteiger partial charge in [0.25, 0.3) is 5.92 Å². The fourth-order valence-corrected chi connectivity index (χ4v) is 7.90. The van der Waals surface area contributed by atoms with Gasteiger partial charge in [-0.3, -0.25) is 18.9 Å². The molecule has 0 bridgehead atoms. The molecule has 3 aliphatic rings. The zero-order valence-corrected chi connectivity index (χ0v) is 25.3. The van der Waals surface area contributed by atoms with Crippen LogP contribution in [0.4, 0.5) is 37.7 Å². The van der Waals surface area contributed by atoms with E-state index in [1.807, 2.05) is 11.8 Å². The standard InChI is InChI=1S/C30H38F6N4O2S/c1-18-9-19-10-20(38-43(41,42)23-13-30(35,36)14-23)5-6-24(19)28(40(18)17-29(2,3)34)27-25(32)11-21(12-26(27)33)37-22-15-39(16-22)8-4-7-31/h5-6,10-12,18,22-23,28,37-38H,4,7-9,13-17H2,1-3H3. The second-order valence-electron chi connectivity index (χ2n) is 12.8. The molecular weight excluding hydrogens is 594 g/mol. The summed E-state index contributed by atoms with van der Waals surface area (Å²) >= 11 is 0. The summed E-state index contributed by atoms with van der Waals surface area (Å²) in [5.41, 5.74) is -0.375. The number of sulfonamides is 1. The van der Waals surface area contributed by atoms with Crippen molar-refractivity contribution in [2.75, 3.05) is 42.9 Å². The van der Waals surface area contributed by atoms with Crippen molar-refractivity contribution in [2.24, 2.45) is 0 Å². The predicted molar refractivity (Wildman–Crippen MR) is 155 cm³/mol. The highest BCUT2D eigenvalue weighted by Crippen LogP contribution is 2.44. The molecule has 6 nitrogen and oxygen atoms in total. The molecule has 2 fully saturated rings. The number of alkyl halides is 4. The number of halogens is 6. The summed E-state index contributed by atoms with van der Waals surface area (Å²) in [4.78, 5) is 3.76. The zero-order chi connectivity index (χ0) is 31.3. The molecule has 5 rings (SSSR count). The number of benzene rings is 2. The molecule has 2 aromatic rings. The maximum atomic E-state index is 15.8. The Kier molecular flexibility index (Phi) is 8.73. The minimum atomic E-state index is -4.06. The van der Waals surface area contributed by atoms with Gasteiger partial charge in [-0.2, -0.15) is 0 Å². The quantitative estimate of drug-likeness (QED) is 0.296. The maximum Gasteiger partial charge on any atom is 0.250 e. The summed E-state index contributed by atoms with van der Waals surface area (Å²) in [5.74, 6) is -4.61. The van der Waals surface area contributed by atoms with Gasteiger partial charge in [0.1, 0.15) is 17.3 Å². The molecule has 0 radical (unpaired) electrons.